The summed E-state index contributed by atoms with van der Waals surface area (Å²) in [5.41, 5.74) is 4.57. The van der Waals surface area contributed by atoms with E-state index in [1.54, 1.807) is 0 Å². The van der Waals surface area contributed by atoms with Gasteiger partial charge >= 0.3 is 5.97 Å². The highest BCUT2D eigenvalue weighted by Crippen LogP contribution is 1.64. The molecule has 0 amide bonds. The van der Waals surface area contributed by atoms with E-state index in [1.165, 1.54) is 0 Å². The number of nitrogens with two attached hydrogens (primary N) is 1. The van der Waals surface area contributed by atoms with E-state index in [-0.39, 0.29) is 6.54 Å². The van der Waals surface area contributed by atoms with Crippen LogP contribution in [0.5, 0.6) is 0 Å². The quantitative estimate of drug-likeness (QED) is 0.611. The van der Waals surface area contributed by atoms with Gasteiger partial charge in [-0.25, -0.2) is 0 Å². The van der Waals surface area contributed by atoms with Gasteiger partial charge in [-0.3, -0.25) is 9.59 Å². The van der Waals surface area contributed by atoms with E-state index in [2.05, 4.69) is 5.73 Å². The summed E-state index contributed by atoms with van der Waals surface area (Å²) in [6.07, 6.45) is 0. The highest BCUT2D eigenvalue weighted by Gasteiger charge is 1.81. The monoisotopic (exact) mass is 209 g/mol. The smallest absolute Gasteiger partial charge is 0.317 e. The van der Waals surface area contributed by atoms with Crippen LogP contribution in [-0.4, -0.2) is 41.9 Å². The molecule has 0 radical (unpaired) electrons. The van der Waals surface area contributed by atoms with E-state index >= 15 is 0 Å². The van der Waals surface area contributed by atoms with Gasteiger partial charge in [-0.05, 0) is 13.8 Å². The highest BCUT2D eigenvalue weighted by atomic mass is 16.5. The summed E-state index contributed by atoms with van der Waals surface area (Å²) < 4.78 is 4.83. The molecule has 0 spiro atoms. The van der Waals surface area contributed by atoms with Gasteiger partial charge in [-0.15, -0.1) is 0 Å². The van der Waals surface area contributed by atoms with Gasteiger partial charge in [-0.1, -0.05) is 0 Å². The van der Waals surface area contributed by atoms with Crippen molar-refractivity contribution >= 4 is 11.9 Å². The SMILES string of the molecule is CC(=O)O.CCOCC.NCC(=O)O. The fraction of sp³-hybridized carbons (Fsp3) is 0.750. The number of aliphatic carboxylic acids is 2. The van der Waals surface area contributed by atoms with Crippen molar-refractivity contribution in [1.29, 1.82) is 0 Å². The van der Waals surface area contributed by atoms with Gasteiger partial charge in [0.1, 0.15) is 0 Å². The Balaban J connectivity index is -0.000000131. The predicted molar refractivity (Wildman–Crippen MR) is 52.2 cm³/mol. The van der Waals surface area contributed by atoms with Crippen molar-refractivity contribution in [2.75, 3.05) is 19.8 Å². The van der Waals surface area contributed by atoms with Gasteiger partial charge in [0.2, 0.25) is 0 Å². The molecule has 6 heteroatoms. The molecule has 6 nitrogen and oxygen atoms in total. The summed E-state index contributed by atoms with van der Waals surface area (Å²) in [4.78, 5) is 18.2. The maximum Gasteiger partial charge on any atom is 0.317 e. The summed E-state index contributed by atoms with van der Waals surface area (Å²) in [5, 5.41) is 15.0. The maximum atomic E-state index is 9.24. The fourth-order valence-electron chi connectivity index (χ4n) is 0.204. The molecule has 0 aliphatic heterocycles. The van der Waals surface area contributed by atoms with Gasteiger partial charge in [0.15, 0.2) is 0 Å². The number of ether oxygens (including phenoxy) is 1. The minimum absolute atomic E-state index is 0.278. The lowest BCUT2D eigenvalue weighted by Crippen LogP contribution is -2.10. The van der Waals surface area contributed by atoms with E-state index in [0.717, 1.165) is 20.1 Å². The molecule has 0 saturated carbocycles. The lowest BCUT2D eigenvalue weighted by molar-refractivity contribution is -0.136. The molecule has 14 heavy (non-hydrogen) atoms. The first-order valence-corrected chi connectivity index (χ1v) is 4.11. The number of rotatable bonds is 3. The first-order chi connectivity index (χ1) is 6.42. The normalized spacial score (nSPS) is 7.43. The summed E-state index contributed by atoms with van der Waals surface area (Å²) >= 11 is 0. The molecule has 0 fully saturated rings. The van der Waals surface area contributed by atoms with Crippen molar-refractivity contribution in [1.82, 2.24) is 0 Å². The minimum atomic E-state index is -0.968. The Morgan fingerprint density at radius 3 is 1.43 bits per heavy atom. The molecule has 0 aromatic heterocycles. The molecule has 0 rings (SSSR count). The second-order valence-corrected chi connectivity index (χ2v) is 1.90. The Bertz CT molecular complexity index is 132. The Hall–Kier alpha value is -1.14. The van der Waals surface area contributed by atoms with Gasteiger partial charge in [0, 0.05) is 20.1 Å². The van der Waals surface area contributed by atoms with Crippen molar-refractivity contribution in [2.45, 2.75) is 20.8 Å². The van der Waals surface area contributed by atoms with Crippen LogP contribution < -0.4 is 5.73 Å². The Kier molecular flexibility index (Phi) is 23.7. The Morgan fingerprint density at radius 2 is 1.43 bits per heavy atom. The minimum Gasteiger partial charge on any atom is -0.481 e. The van der Waals surface area contributed by atoms with E-state index in [9.17, 15) is 4.79 Å². The van der Waals surface area contributed by atoms with Crippen molar-refractivity contribution < 1.29 is 24.5 Å². The van der Waals surface area contributed by atoms with Crippen LogP contribution in [0.1, 0.15) is 20.8 Å². The first kappa shape index (κ1) is 18.6. The molecule has 0 aromatic carbocycles. The molecule has 0 heterocycles. The predicted octanol–water partition coefficient (Wildman–Crippen LogP) is 0.163. The summed E-state index contributed by atoms with van der Waals surface area (Å²) in [7, 11) is 0. The summed E-state index contributed by atoms with van der Waals surface area (Å²) in [6, 6.07) is 0. The third-order valence-corrected chi connectivity index (χ3v) is 0.583. The van der Waals surface area contributed by atoms with Gasteiger partial charge < -0.3 is 20.7 Å². The molecule has 0 saturated heterocycles. The largest absolute Gasteiger partial charge is 0.481 e. The van der Waals surface area contributed by atoms with Gasteiger partial charge in [-0.2, -0.15) is 0 Å². The van der Waals surface area contributed by atoms with Gasteiger partial charge in [0.05, 0.1) is 6.54 Å². The summed E-state index contributed by atoms with van der Waals surface area (Å²) in [5.74, 6) is -1.80. The molecule has 0 atom stereocenters. The van der Waals surface area contributed by atoms with Crippen molar-refractivity contribution in [3.63, 3.8) is 0 Å². The van der Waals surface area contributed by atoms with Crippen LogP contribution in [-0.2, 0) is 14.3 Å². The van der Waals surface area contributed by atoms with Crippen LogP contribution >= 0.6 is 0 Å². The van der Waals surface area contributed by atoms with E-state index in [0.29, 0.717) is 0 Å². The standard InChI is InChI=1S/C4H10O.C2H5NO2.C2H4O2/c1-3-5-4-2;3-1-2(4)5;1-2(3)4/h3-4H2,1-2H3;1,3H2,(H,4,5);1H3,(H,3,4). The van der Waals surface area contributed by atoms with Crippen molar-refractivity contribution in [3.05, 3.63) is 0 Å². The van der Waals surface area contributed by atoms with Crippen molar-refractivity contribution in [3.8, 4) is 0 Å². The van der Waals surface area contributed by atoms with Crippen molar-refractivity contribution in [2.24, 2.45) is 5.73 Å². The lowest BCUT2D eigenvalue weighted by atomic mass is 10.7. The molecule has 0 aliphatic carbocycles. The van der Waals surface area contributed by atoms with Crippen LogP contribution in [0.3, 0.4) is 0 Å². The van der Waals surface area contributed by atoms with Crippen LogP contribution in [0.25, 0.3) is 0 Å². The number of carboxylic acid groups (broad SMARTS) is 2. The van der Waals surface area contributed by atoms with Gasteiger partial charge in [0.25, 0.3) is 5.97 Å². The zero-order chi connectivity index (χ0) is 12.0. The molecule has 86 valence electrons. The fourth-order valence-corrected chi connectivity index (χ4v) is 0.204. The molecular formula is C8H19NO5. The number of carbonyl (C=O) groups is 2. The third kappa shape index (κ3) is 129. The number of carboxylic acids is 2. The maximum absolute atomic E-state index is 9.24. The number of hydrogen-bond acceptors (Lipinski definition) is 4. The zero-order valence-electron chi connectivity index (χ0n) is 8.82. The van der Waals surface area contributed by atoms with Crippen LogP contribution in [0.4, 0.5) is 0 Å². The molecular weight excluding hydrogens is 190 g/mol. The molecule has 0 bridgehead atoms. The number of hydrogen-bond donors (Lipinski definition) is 3. The molecule has 0 aromatic rings. The highest BCUT2D eigenvalue weighted by molar-refractivity contribution is 5.68. The average molecular weight is 209 g/mol. The zero-order valence-corrected chi connectivity index (χ0v) is 8.82. The summed E-state index contributed by atoms with van der Waals surface area (Å²) in [6.45, 7) is 6.47. The third-order valence-electron chi connectivity index (χ3n) is 0.583. The topological polar surface area (TPSA) is 110 Å². The van der Waals surface area contributed by atoms with Crippen LogP contribution in [0.2, 0.25) is 0 Å². The molecule has 4 N–H and O–H groups in total. The molecule has 0 unspecified atom stereocenters. The van der Waals surface area contributed by atoms with E-state index in [1.807, 2.05) is 13.8 Å². The lowest BCUT2D eigenvalue weighted by Gasteiger charge is -1.86. The second-order valence-electron chi connectivity index (χ2n) is 1.90. The van der Waals surface area contributed by atoms with Crippen LogP contribution in [0.15, 0.2) is 0 Å². The van der Waals surface area contributed by atoms with E-state index in [4.69, 9.17) is 19.7 Å². The average Bonchev–Trinajstić information content (AvgIpc) is 2.06. The first-order valence-electron chi connectivity index (χ1n) is 4.11. The van der Waals surface area contributed by atoms with Crippen LogP contribution in [0, 0.1) is 0 Å². The van der Waals surface area contributed by atoms with E-state index < -0.39 is 11.9 Å². The molecule has 0 aliphatic rings. The Labute approximate surface area is 83.7 Å². The second kappa shape index (κ2) is 17.8. The Morgan fingerprint density at radius 1 is 1.21 bits per heavy atom.